The van der Waals surface area contributed by atoms with Crippen molar-refractivity contribution >= 4 is 33.9 Å². The minimum atomic E-state index is -0.174. The van der Waals surface area contributed by atoms with Gasteiger partial charge in [0.1, 0.15) is 6.07 Å². The molecular formula is C35H45ClN8O. The van der Waals surface area contributed by atoms with Gasteiger partial charge in [0.25, 0.3) is 0 Å². The maximum atomic E-state index is 10.0. The lowest BCUT2D eigenvalue weighted by Gasteiger charge is -2.42. The number of fused-ring (bicyclic) bond motifs is 1. The summed E-state index contributed by atoms with van der Waals surface area (Å²) in [6.45, 7) is 13.2. The summed E-state index contributed by atoms with van der Waals surface area (Å²) in [6.07, 6.45) is 8.00. The van der Waals surface area contributed by atoms with Gasteiger partial charge in [-0.1, -0.05) is 41.9 Å². The Morgan fingerprint density at radius 1 is 1.09 bits per heavy atom. The number of hydrazine groups is 2. The predicted molar refractivity (Wildman–Crippen MR) is 181 cm³/mol. The topological polar surface area (TPSA) is 101 Å². The van der Waals surface area contributed by atoms with E-state index in [1.807, 2.05) is 12.1 Å². The highest BCUT2D eigenvalue weighted by Gasteiger charge is 2.32. The highest BCUT2D eigenvalue weighted by molar-refractivity contribution is 6.35. The number of nitriles is 1. The molecule has 238 valence electrons. The number of anilines is 2. The molecule has 2 fully saturated rings. The normalized spacial score (nSPS) is 23.7. The first-order chi connectivity index (χ1) is 21.6. The van der Waals surface area contributed by atoms with Crippen molar-refractivity contribution < 1.29 is 4.74 Å². The van der Waals surface area contributed by atoms with Crippen molar-refractivity contribution in [3.63, 3.8) is 0 Å². The van der Waals surface area contributed by atoms with Crippen LogP contribution < -0.4 is 21.6 Å². The molecule has 0 bridgehead atoms. The molecule has 4 heterocycles. The van der Waals surface area contributed by atoms with E-state index in [9.17, 15) is 5.26 Å². The molecule has 0 saturated carbocycles. The summed E-state index contributed by atoms with van der Waals surface area (Å²) in [4.78, 5) is 7.15. The molecule has 4 N–H and O–H groups in total. The van der Waals surface area contributed by atoms with Crippen LogP contribution in [0.2, 0.25) is 5.02 Å². The number of piperidine rings is 1. The molecule has 2 unspecified atom stereocenters. The lowest BCUT2D eigenvalue weighted by molar-refractivity contribution is -0.0337. The van der Waals surface area contributed by atoms with Gasteiger partial charge in [-0.25, -0.2) is 0 Å². The van der Waals surface area contributed by atoms with Crippen LogP contribution in [0, 0.1) is 11.3 Å². The third-order valence-corrected chi connectivity index (χ3v) is 9.55. The third kappa shape index (κ3) is 7.00. The van der Waals surface area contributed by atoms with E-state index in [0.717, 1.165) is 66.8 Å². The van der Waals surface area contributed by atoms with Crippen LogP contribution in [-0.2, 0) is 4.74 Å². The Balaban J connectivity index is 1.30. The lowest BCUT2D eigenvalue weighted by Crippen LogP contribution is -2.52. The molecule has 1 aromatic heterocycles. The second-order valence-electron chi connectivity index (χ2n) is 13.7. The van der Waals surface area contributed by atoms with Crippen LogP contribution in [0.3, 0.4) is 0 Å². The minimum Gasteiger partial charge on any atom is -0.380 e. The monoisotopic (exact) mass is 628 g/mol. The zero-order chi connectivity index (χ0) is 31.7. The van der Waals surface area contributed by atoms with Crippen molar-refractivity contribution in [2.45, 2.75) is 96.2 Å². The van der Waals surface area contributed by atoms with Gasteiger partial charge in [0.2, 0.25) is 0 Å². The Bertz CT molecular complexity index is 1560. The number of nitrogens with one attached hydrogen (secondary N) is 4. The quantitative estimate of drug-likeness (QED) is 0.227. The highest BCUT2D eigenvalue weighted by atomic mass is 35.5. The number of aromatic nitrogens is 1. The summed E-state index contributed by atoms with van der Waals surface area (Å²) in [7, 11) is 0. The maximum absolute atomic E-state index is 10.0. The summed E-state index contributed by atoms with van der Waals surface area (Å²) in [5, 5.41) is 21.0. The number of likely N-dealkylation sites (tertiary alicyclic amines) is 1. The van der Waals surface area contributed by atoms with Gasteiger partial charge in [0, 0.05) is 54.2 Å². The molecule has 0 amide bonds. The van der Waals surface area contributed by atoms with Gasteiger partial charge < -0.3 is 20.8 Å². The molecule has 3 atom stereocenters. The SMILES string of the molecule is CC1CC(Nc2c(C#N)cnc3c(Cl)cc(N[C@H](C4=CN(C5CCN(C(C)(C)C)CC5)NN4)c4ccccc4)cc23)CC(C)O1. The Morgan fingerprint density at radius 3 is 2.47 bits per heavy atom. The lowest BCUT2D eigenvalue weighted by atomic mass is 9.97. The molecule has 3 aliphatic heterocycles. The second kappa shape index (κ2) is 13.1. The van der Waals surface area contributed by atoms with E-state index >= 15 is 0 Å². The molecule has 2 aromatic carbocycles. The molecule has 10 heteroatoms. The predicted octanol–water partition coefficient (Wildman–Crippen LogP) is 6.71. The van der Waals surface area contributed by atoms with Crippen LogP contribution >= 0.6 is 11.6 Å². The Labute approximate surface area is 271 Å². The number of nitrogens with zero attached hydrogens (tertiary/aromatic N) is 4. The largest absolute Gasteiger partial charge is 0.380 e. The molecule has 3 aromatic rings. The minimum absolute atomic E-state index is 0.142. The smallest absolute Gasteiger partial charge is 0.103 e. The van der Waals surface area contributed by atoms with Crippen molar-refractivity contribution in [1.29, 1.82) is 5.26 Å². The number of rotatable bonds is 7. The zero-order valence-electron chi connectivity index (χ0n) is 26.9. The maximum Gasteiger partial charge on any atom is 0.103 e. The van der Waals surface area contributed by atoms with Gasteiger partial charge in [-0.15, -0.1) is 5.53 Å². The number of halogens is 1. The third-order valence-electron chi connectivity index (χ3n) is 9.26. The van der Waals surface area contributed by atoms with Crippen LogP contribution in [0.4, 0.5) is 11.4 Å². The number of benzene rings is 2. The Morgan fingerprint density at radius 2 is 1.80 bits per heavy atom. The van der Waals surface area contributed by atoms with E-state index in [4.69, 9.17) is 16.3 Å². The van der Waals surface area contributed by atoms with Crippen LogP contribution in [-0.4, -0.2) is 57.8 Å². The fraction of sp³-hybridized carbons (Fsp3) is 0.486. The number of ether oxygens (including phenoxy) is 1. The number of pyridine rings is 1. The Kier molecular flexibility index (Phi) is 9.12. The summed E-state index contributed by atoms with van der Waals surface area (Å²) >= 11 is 6.89. The summed E-state index contributed by atoms with van der Waals surface area (Å²) < 4.78 is 5.96. The van der Waals surface area contributed by atoms with E-state index in [1.54, 1.807) is 6.20 Å². The molecule has 3 aliphatic rings. The van der Waals surface area contributed by atoms with Crippen molar-refractivity contribution in [2.75, 3.05) is 23.7 Å². The molecule has 9 nitrogen and oxygen atoms in total. The first-order valence-electron chi connectivity index (χ1n) is 16.1. The van der Waals surface area contributed by atoms with E-state index in [1.165, 1.54) is 0 Å². The van der Waals surface area contributed by atoms with Gasteiger partial charge in [0.05, 0.1) is 45.7 Å². The fourth-order valence-corrected chi connectivity index (χ4v) is 7.23. The first kappa shape index (κ1) is 31.4. The van der Waals surface area contributed by atoms with Gasteiger partial charge in [-0.05, 0) is 78.0 Å². The second-order valence-corrected chi connectivity index (χ2v) is 14.1. The van der Waals surface area contributed by atoms with Crippen molar-refractivity contribution in [3.8, 4) is 6.07 Å². The Hall–Kier alpha value is -3.55. The van der Waals surface area contributed by atoms with E-state index in [2.05, 4.69) is 114 Å². The average Bonchev–Trinajstić information content (AvgIpc) is 3.50. The van der Waals surface area contributed by atoms with E-state index in [-0.39, 0.29) is 29.8 Å². The fourth-order valence-electron chi connectivity index (χ4n) is 6.96. The zero-order valence-corrected chi connectivity index (χ0v) is 27.7. The van der Waals surface area contributed by atoms with Crippen molar-refractivity contribution in [2.24, 2.45) is 0 Å². The number of hydrogen-bond donors (Lipinski definition) is 4. The van der Waals surface area contributed by atoms with Crippen LogP contribution in [0.1, 0.15) is 77.5 Å². The van der Waals surface area contributed by atoms with Gasteiger partial charge >= 0.3 is 0 Å². The van der Waals surface area contributed by atoms with E-state index < -0.39 is 0 Å². The van der Waals surface area contributed by atoms with Crippen LogP contribution in [0.25, 0.3) is 10.9 Å². The first-order valence-corrected chi connectivity index (χ1v) is 16.5. The van der Waals surface area contributed by atoms with E-state index in [0.29, 0.717) is 22.1 Å². The standard InChI is InChI=1S/C35H45ClN8O/c1-22-15-26(16-23(2)45-22)39-32-25(19-37)20-38-34-29(32)17-27(18-30(34)36)40-33(24-9-7-6-8-10-24)31-21-44(42-41-31)28-11-13-43(14-12-28)35(3,4)5/h6-10,17-18,20-23,26,28,33,40-42H,11-16H2,1-5H3,(H,38,39)/t22?,23?,26?,33-/m0/s1. The highest BCUT2D eigenvalue weighted by Crippen LogP contribution is 2.37. The van der Waals surface area contributed by atoms with Gasteiger partial charge in [-0.2, -0.15) is 5.26 Å². The molecule has 0 radical (unpaired) electrons. The number of hydrogen-bond acceptors (Lipinski definition) is 9. The van der Waals surface area contributed by atoms with Gasteiger partial charge in [0.15, 0.2) is 0 Å². The van der Waals surface area contributed by atoms with Crippen molar-refractivity contribution in [3.05, 3.63) is 76.7 Å². The van der Waals surface area contributed by atoms with Crippen LogP contribution in [0.5, 0.6) is 0 Å². The summed E-state index contributed by atoms with van der Waals surface area (Å²) in [6, 6.07) is 17.1. The average molecular weight is 629 g/mol. The molecule has 0 spiro atoms. The molecule has 45 heavy (non-hydrogen) atoms. The molecule has 2 saturated heterocycles. The summed E-state index contributed by atoms with van der Waals surface area (Å²) in [5.41, 5.74) is 12.0. The molecule has 0 aliphatic carbocycles. The van der Waals surface area contributed by atoms with Crippen LogP contribution in [0.15, 0.2) is 60.6 Å². The van der Waals surface area contributed by atoms with Crippen molar-refractivity contribution in [1.82, 2.24) is 25.9 Å². The molecule has 6 rings (SSSR count). The molecular weight excluding hydrogens is 584 g/mol. The summed E-state index contributed by atoms with van der Waals surface area (Å²) in [5.74, 6) is 0. The van der Waals surface area contributed by atoms with Gasteiger partial charge in [-0.3, -0.25) is 14.9 Å².